The molecule has 0 spiro atoms. The van der Waals surface area contributed by atoms with Gasteiger partial charge in [0.25, 0.3) is 0 Å². The molecule has 0 aliphatic heterocycles. The van der Waals surface area contributed by atoms with Gasteiger partial charge in [-0.1, -0.05) is 34.1 Å². The third kappa shape index (κ3) is 3.19. The van der Waals surface area contributed by atoms with Crippen molar-refractivity contribution in [1.82, 2.24) is 4.73 Å². The summed E-state index contributed by atoms with van der Waals surface area (Å²) < 4.78 is 6.22. The maximum Gasteiger partial charge on any atom is 0.534 e. The van der Waals surface area contributed by atoms with E-state index in [4.69, 9.17) is 4.74 Å². The molecule has 0 radical (unpaired) electrons. The van der Waals surface area contributed by atoms with Crippen LogP contribution >= 0.6 is 15.9 Å². The average Bonchev–Trinajstić information content (AvgIpc) is 2.70. The van der Waals surface area contributed by atoms with E-state index in [-0.39, 0.29) is 6.61 Å². The largest absolute Gasteiger partial charge is 0.534 e. The summed E-state index contributed by atoms with van der Waals surface area (Å²) in [5.41, 5.74) is 0.764. The van der Waals surface area contributed by atoms with E-state index in [1.807, 2.05) is 12.1 Å². The van der Waals surface area contributed by atoms with Crippen molar-refractivity contribution in [2.75, 3.05) is 0 Å². The lowest BCUT2D eigenvalue weighted by molar-refractivity contribution is 0.0309. The Morgan fingerprint density at radius 3 is 2.42 bits per heavy atom. The first-order chi connectivity index (χ1) is 9.08. The molecule has 0 amide bonds. The van der Waals surface area contributed by atoms with Crippen molar-refractivity contribution in [1.29, 1.82) is 0 Å². The third-order valence-corrected chi connectivity index (χ3v) is 3.04. The number of aromatic hydroxyl groups is 2. The molecular formula is C12H10BrNO5. The molecule has 0 unspecified atom stereocenters. The van der Waals surface area contributed by atoms with Gasteiger partial charge < -0.3 is 14.9 Å². The zero-order valence-corrected chi connectivity index (χ0v) is 11.2. The molecule has 0 saturated heterocycles. The highest BCUT2D eigenvalue weighted by Gasteiger charge is 2.13. The number of hydrogen-bond donors (Lipinski definition) is 2. The second-order valence-electron chi connectivity index (χ2n) is 3.57. The number of rotatable bonds is 3. The van der Waals surface area contributed by atoms with E-state index in [0.29, 0.717) is 4.73 Å². The molecule has 0 aliphatic rings. The Morgan fingerprint density at radius 1 is 1.16 bits per heavy atom. The predicted octanol–water partition coefficient (Wildman–Crippen LogP) is 2.43. The van der Waals surface area contributed by atoms with Crippen molar-refractivity contribution in [2.24, 2.45) is 0 Å². The summed E-state index contributed by atoms with van der Waals surface area (Å²) in [5.74, 6) is -0.814. The van der Waals surface area contributed by atoms with Crippen LogP contribution in [0.1, 0.15) is 5.56 Å². The fourth-order valence-corrected chi connectivity index (χ4v) is 1.75. The number of aromatic nitrogens is 1. The molecule has 0 saturated carbocycles. The van der Waals surface area contributed by atoms with Crippen LogP contribution in [-0.4, -0.2) is 21.1 Å². The summed E-state index contributed by atoms with van der Waals surface area (Å²) in [6.45, 7) is 0.00302. The van der Waals surface area contributed by atoms with Crippen LogP contribution in [0.2, 0.25) is 0 Å². The van der Waals surface area contributed by atoms with Gasteiger partial charge in [0, 0.05) is 22.2 Å². The van der Waals surface area contributed by atoms with Crippen LogP contribution in [0.4, 0.5) is 4.79 Å². The third-order valence-electron chi connectivity index (χ3n) is 2.27. The minimum absolute atomic E-state index is 0.00302. The van der Waals surface area contributed by atoms with Gasteiger partial charge in [-0.05, 0) is 6.07 Å². The van der Waals surface area contributed by atoms with E-state index in [1.165, 1.54) is 12.1 Å². The van der Waals surface area contributed by atoms with E-state index >= 15 is 0 Å². The van der Waals surface area contributed by atoms with Crippen LogP contribution in [0.3, 0.4) is 0 Å². The van der Waals surface area contributed by atoms with Gasteiger partial charge in [0.15, 0.2) is 0 Å². The van der Waals surface area contributed by atoms with E-state index in [9.17, 15) is 15.0 Å². The van der Waals surface area contributed by atoms with Gasteiger partial charge >= 0.3 is 6.16 Å². The maximum atomic E-state index is 11.4. The smallest absolute Gasteiger partial charge is 0.492 e. The molecule has 19 heavy (non-hydrogen) atoms. The van der Waals surface area contributed by atoms with Crippen LogP contribution in [0.15, 0.2) is 40.9 Å². The maximum absolute atomic E-state index is 11.4. The minimum atomic E-state index is -1.04. The van der Waals surface area contributed by atoms with Crippen molar-refractivity contribution in [3.63, 3.8) is 0 Å². The molecule has 1 aromatic heterocycles. The number of benzene rings is 1. The van der Waals surface area contributed by atoms with Crippen LogP contribution in [-0.2, 0) is 11.3 Å². The SMILES string of the molecule is O=C(OCc1ccccc1Br)On1c(O)ccc1O. The van der Waals surface area contributed by atoms with E-state index in [2.05, 4.69) is 20.8 Å². The summed E-state index contributed by atoms with van der Waals surface area (Å²) in [7, 11) is 0. The Balaban J connectivity index is 1.94. The number of halogens is 1. The lowest BCUT2D eigenvalue weighted by atomic mass is 10.2. The lowest BCUT2D eigenvalue weighted by Crippen LogP contribution is -2.20. The van der Waals surface area contributed by atoms with Crippen LogP contribution in [0, 0.1) is 0 Å². The quantitative estimate of drug-likeness (QED) is 0.846. The van der Waals surface area contributed by atoms with Crippen molar-refractivity contribution in [2.45, 2.75) is 6.61 Å². The normalized spacial score (nSPS) is 10.2. The second-order valence-corrected chi connectivity index (χ2v) is 4.42. The van der Waals surface area contributed by atoms with Gasteiger partial charge in [-0.2, -0.15) is 0 Å². The molecule has 100 valence electrons. The highest BCUT2D eigenvalue weighted by atomic mass is 79.9. The summed E-state index contributed by atoms with van der Waals surface area (Å²) >= 11 is 3.31. The number of carbonyl (C=O) groups excluding carboxylic acids is 1. The first-order valence-corrected chi connectivity index (χ1v) is 6.05. The zero-order valence-electron chi connectivity index (χ0n) is 9.62. The summed E-state index contributed by atoms with van der Waals surface area (Å²) in [6, 6.07) is 9.59. The summed E-state index contributed by atoms with van der Waals surface area (Å²) in [5, 5.41) is 18.5. The van der Waals surface area contributed by atoms with Crippen molar-refractivity contribution in [3.05, 3.63) is 46.4 Å². The monoisotopic (exact) mass is 327 g/mol. The zero-order chi connectivity index (χ0) is 13.8. The van der Waals surface area contributed by atoms with Crippen molar-refractivity contribution < 1.29 is 24.6 Å². The predicted molar refractivity (Wildman–Crippen MR) is 68.7 cm³/mol. The molecule has 0 fully saturated rings. The van der Waals surface area contributed by atoms with Crippen LogP contribution < -0.4 is 4.84 Å². The van der Waals surface area contributed by atoms with E-state index in [1.54, 1.807) is 12.1 Å². The van der Waals surface area contributed by atoms with Crippen LogP contribution in [0.25, 0.3) is 0 Å². The Hall–Kier alpha value is -2.15. The second kappa shape index (κ2) is 5.66. The highest BCUT2D eigenvalue weighted by molar-refractivity contribution is 9.10. The Kier molecular flexibility index (Phi) is 3.96. The van der Waals surface area contributed by atoms with Gasteiger partial charge in [0.1, 0.15) is 6.61 Å². The average molecular weight is 328 g/mol. The standard InChI is InChI=1S/C12H10BrNO5/c13-9-4-2-1-3-8(9)7-18-12(17)19-14-10(15)5-6-11(14)16/h1-6,15-16H,7H2. The molecule has 2 N–H and O–H groups in total. The first-order valence-electron chi connectivity index (χ1n) is 5.26. The molecule has 1 heterocycles. The Morgan fingerprint density at radius 2 is 1.79 bits per heavy atom. The van der Waals surface area contributed by atoms with Gasteiger partial charge in [-0.3, -0.25) is 4.84 Å². The summed E-state index contributed by atoms with van der Waals surface area (Å²) in [4.78, 5) is 16.0. The van der Waals surface area contributed by atoms with E-state index in [0.717, 1.165) is 10.0 Å². The summed E-state index contributed by atoms with van der Waals surface area (Å²) in [6.07, 6.45) is -1.04. The van der Waals surface area contributed by atoms with Crippen molar-refractivity contribution >= 4 is 22.1 Å². The van der Waals surface area contributed by atoms with Gasteiger partial charge in [-0.15, -0.1) is 4.73 Å². The topological polar surface area (TPSA) is 80.9 Å². The number of hydrogen-bond acceptors (Lipinski definition) is 5. The molecule has 1 aromatic carbocycles. The number of ether oxygens (including phenoxy) is 1. The Labute approximate surface area is 116 Å². The highest BCUT2D eigenvalue weighted by Crippen LogP contribution is 2.19. The molecular weight excluding hydrogens is 318 g/mol. The lowest BCUT2D eigenvalue weighted by Gasteiger charge is -2.08. The molecule has 0 bridgehead atoms. The van der Waals surface area contributed by atoms with E-state index < -0.39 is 17.9 Å². The molecule has 7 heteroatoms. The first kappa shape index (κ1) is 13.3. The van der Waals surface area contributed by atoms with Crippen LogP contribution in [0.5, 0.6) is 11.8 Å². The van der Waals surface area contributed by atoms with Gasteiger partial charge in [-0.25, -0.2) is 4.79 Å². The molecule has 0 atom stereocenters. The molecule has 2 aromatic rings. The number of carbonyl (C=O) groups is 1. The molecule has 6 nitrogen and oxygen atoms in total. The Bertz CT molecular complexity index is 576. The number of nitrogens with zero attached hydrogens (tertiary/aromatic N) is 1. The van der Waals surface area contributed by atoms with Crippen molar-refractivity contribution in [3.8, 4) is 11.8 Å². The molecule has 0 aliphatic carbocycles. The molecule has 2 rings (SSSR count). The fourth-order valence-electron chi connectivity index (χ4n) is 1.35. The minimum Gasteiger partial charge on any atom is -0.492 e. The fraction of sp³-hybridized carbons (Fsp3) is 0.0833. The van der Waals surface area contributed by atoms with Gasteiger partial charge in [0.05, 0.1) is 0 Å². The van der Waals surface area contributed by atoms with Gasteiger partial charge in [0.2, 0.25) is 11.8 Å².